The predicted molar refractivity (Wildman–Crippen MR) is 168 cm³/mol. The molecule has 0 spiro atoms. The van der Waals surface area contributed by atoms with Crippen molar-refractivity contribution >= 4 is 31.7 Å². The van der Waals surface area contributed by atoms with Crippen LogP contribution in [0.25, 0.3) is 0 Å². The van der Waals surface area contributed by atoms with Crippen molar-refractivity contribution in [3.05, 3.63) is 53.6 Å². The zero-order valence-corrected chi connectivity index (χ0v) is 27.7. The molecule has 42 heavy (non-hydrogen) atoms. The smallest absolute Gasteiger partial charge is 0.414 e. The summed E-state index contributed by atoms with van der Waals surface area (Å²) >= 11 is 0. The fraction of sp³-hybridized carbons (Fsp3) is 0.562. The second kappa shape index (κ2) is 14.0. The van der Waals surface area contributed by atoms with Crippen LogP contribution in [0.1, 0.15) is 57.5 Å². The Hall–Kier alpha value is -2.92. The molecule has 0 radical (unpaired) electrons. The second-order valence-corrected chi connectivity index (χ2v) is 17.8. The highest BCUT2D eigenvalue weighted by atomic mass is 28.4. The number of carbonyl (C=O) groups is 2. The molecule has 0 saturated heterocycles. The van der Waals surface area contributed by atoms with Gasteiger partial charge in [0.05, 0.1) is 39.6 Å². The standard InChI is InChI=1S/C32H48N2O7Si/c1-31(2,3)41-30(36)33(7)25-10-12-26(13-11-25)34-23-24-22-27(14-15-28(24)29(34)35)39-20-18-37-16-17-38-19-21-40-42(8,9)32(4,5)6/h10-15,22H,16-21,23H2,1-9H3. The average molecular weight is 601 g/mol. The lowest BCUT2D eigenvalue weighted by atomic mass is 10.1. The van der Waals surface area contributed by atoms with E-state index in [1.807, 2.05) is 45.0 Å². The predicted octanol–water partition coefficient (Wildman–Crippen LogP) is 6.65. The van der Waals surface area contributed by atoms with Gasteiger partial charge in [-0.1, -0.05) is 20.8 Å². The number of anilines is 2. The summed E-state index contributed by atoms with van der Waals surface area (Å²) in [5.74, 6) is 0.628. The largest absolute Gasteiger partial charge is 0.491 e. The van der Waals surface area contributed by atoms with Crippen LogP contribution >= 0.6 is 0 Å². The van der Waals surface area contributed by atoms with Crippen LogP contribution in [-0.4, -0.2) is 72.6 Å². The summed E-state index contributed by atoms with van der Waals surface area (Å²) in [4.78, 5) is 28.6. The Morgan fingerprint density at radius 1 is 0.881 bits per heavy atom. The second-order valence-electron chi connectivity index (χ2n) is 12.9. The van der Waals surface area contributed by atoms with E-state index in [1.54, 1.807) is 30.1 Å². The summed E-state index contributed by atoms with van der Waals surface area (Å²) < 4.78 is 28.7. The summed E-state index contributed by atoms with van der Waals surface area (Å²) in [7, 11) is -0.0752. The number of hydrogen-bond acceptors (Lipinski definition) is 7. The molecular formula is C32H48N2O7Si. The minimum absolute atomic E-state index is 0.0668. The van der Waals surface area contributed by atoms with E-state index in [0.29, 0.717) is 63.2 Å². The maximum absolute atomic E-state index is 13.1. The van der Waals surface area contributed by atoms with Crippen molar-refractivity contribution in [2.24, 2.45) is 0 Å². The third-order valence-corrected chi connectivity index (χ3v) is 12.0. The first kappa shape index (κ1) is 33.6. The van der Waals surface area contributed by atoms with E-state index >= 15 is 0 Å². The first-order chi connectivity index (χ1) is 19.6. The Morgan fingerprint density at radius 2 is 1.48 bits per heavy atom. The Balaban J connectivity index is 1.39. The van der Waals surface area contributed by atoms with Gasteiger partial charge in [0.2, 0.25) is 0 Å². The summed E-state index contributed by atoms with van der Waals surface area (Å²) in [6.07, 6.45) is -0.436. The van der Waals surface area contributed by atoms with Gasteiger partial charge >= 0.3 is 6.09 Å². The Morgan fingerprint density at radius 3 is 2.07 bits per heavy atom. The molecule has 0 fully saturated rings. The molecule has 3 rings (SSSR count). The minimum Gasteiger partial charge on any atom is -0.491 e. The molecule has 232 valence electrons. The molecule has 1 heterocycles. The van der Waals surface area contributed by atoms with Gasteiger partial charge in [-0.15, -0.1) is 0 Å². The zero-order chi connectivity index (χ0) is 31.1. The molecule has 0 N–H and O–H groups in total. The highest BCUT2D eigenvalue weighted by Gasteiger charge is 2.37. The summed E-state index contributed by atoms with van der Waals surface area (Å²) in [5, 5.41) is 0.194. The molecule has 2 aromatic carbocycles. The molecule has 0 saturated carbocycles. The molecule has 10 heteroatoms. The van der Waals surface area contributed by atoms with Crippen LogP contribution in [0.15, 0.2) is 42.5 Å². The third kappa shape index (κ3) is 9.29. The van der Waals surface area contributed by atoms with Gasteiger partial charge in [0.25, 0.3) is 5.91 Å². The number of carbonyl (C=O) groups excluding carboxylic acids is 2. The van der Waals surface area contributed by atoms with Gasteiger partial charge < -0.3 is 28.3 Å². The number of benzene rings is 2. The van der Waals surface area contributed by atoms with E-state index in [9.17, 15) is 9.59 Å². The third-order valence-electron chi connectivity index (χ3n) is 7.46. The lowest BCUT2D eigenvalue weighted by Gasteiger charge is -2.36. The molecule has 1 aliphatic heterocycles. The molecule has 0 bridgehead atoms. The molecule has 1 aliphatic rings. The number of rotatable bonds is 13. The van der Waals surface area contributed by atoms with E-state index in [0.717, 1.165) is 11.3 Å². The van der Waals surface area contributed by atoms with Gasteiger partial charge in [0.15, 0.2) is 8.32 Å². The van der Waals surface area contributed by atoms with Crippen LogP contribution in [0, 0.1) is 0 Å². The van der Waals surface area contributed by atoms with Crippen LogP contribution in [-0.2, 0) is 25.2 Å². The Labute approximate surface area is 252 Å². The van der Waals surface area contributed by atoms with Gasteiger partial charge in [0.1, 0.15) is 18.0 Å². The fourth-order valence-electron chi connectivity index (χ4n) is 4.00. The van der Waals surface area contributed by atoms with Crippen LogP contribution < -0.4 is 14.5 Å². The van der Waals surface area contributed by atoms with Crippen molar-refractivity contribution in [1.29, 1.82) is 0 Å². The molecule has 0 aromatic heterocycles. The molecular weight excluding hydrogens is 552 g/mol. The van der Waals surface area contributed by atoms with Crippen LogP contribution in [0.2, 0.25) is 18.1 Å². The number of amides is 2. The lowest BCUT2D eigenvalue weighted by Crippen LogP contribution is -2.41. The Kier molecular flexibility index (Phi) is 11.2. The van der Waals surface area contributed by atoms with Crippen molar-refractivity contribution in [2.75, 3.05) is 56.5 Å². The first-order valence-electron chi connectivity index (χ1n) is 14.5. The maximum atomic E-state index is 13.1. The number of fused-ring (bicyclic) bond motifs is 1. The molecule has 0 unspecified atom stereocenters. The van der Waals surface area contributed by atoms with Gasteiger partial charge in [-0.2, -0.15) is 0 Å². The monoisotopic (exact) mass is 600 g/mol. The molecule has 0 atom stereocenters. The first-order valence-corrected chi connectivity index (χ1v) is 17.4. The number of ether oxygens (including phenoxy) is 4. The summed E-state index contributed by atoms with van der Waals surface area (Å²) in [6.45, 7) is 20.1. The number of hydrogen-bond donors (Lipinski definition) is 0. The Bertz CT molecular complexity index is 1200. The highest BCUT2D eigenvalue weighted by Crippen LogP contribution is 2.36. The minimum atomic E-state index is -1.74. The van der Waals surface area contributed by atoms with Crippen molar-refractivity contribution in [1.82, 2.24) is 0 Å². The zero-order valence-electron chi connectivity index (χ0n) is 26.7. The molecule has 2 amide bonds. The van der Waals surface area contributed by atoms with Crippen LogP contribution in [0.4, 0.5) is 16.2 Å². The van der Waals surface area contributed by atoms with E-state index in [-0.39, 0.29) is 10.9 Å². The van der Waals surface area contributed by atoms with E-state index < -0.39 is 20.0 Å². The van der Waals surface area contributed by atoms with Crippen molar-refractivity contribution in [2.45, 2.75) is 71.8 Å². The SMILES string of the molecule is CN(C(=O)OC(C)(C)C)c1ccc(N2Cc3cc(OCCOCCOCCO[Si](C)(C)C(C)(C)C)ccc3C2=O)cc1. The van der Waals surface area contributed by atoms with Crippen molar-refractivity contribution in [3.8, 4) is 5.75 Å². The lowest BCUT2D eigenvalue weighted by molar-refractivity contribution is 0.0260. The average Bonchev–Trinajstić information content (AvgIpc) is 3.23. The molecule has 9 nitrogen and oxygen atoms in total. The van der Waals surface area contributed by atoms with Gasteiger partial charge in [-0.3, -0.25) is 9.69 Å². The van der Waals surface area contributed by atoms with Crippen LogP contribution in [0.5, 0.6) is 5.75 Å². The quantitative estimate of drug-likeness (QED) is 0.188. The van der Waals surface area contributed by atoms with E-state index in [4.69, 9.17) is 23.4 Å². The fourth-order valence-corrected chi connectivity index (χ4v) is 5.03. The summed E-state index contributed by atoms with van der Waals surface area (Å²) in [5.41, 5.74) is 2.41. The van der Waals surface area contributed by atoms with Gasteiger partial charge in [-0.05, 0) is 86.9 Å². The normalized spacial score (nSPS) is 13.7. The molecule has 0 aliphatic carbocycles. The highest BCUT2D eigenvalue weighted by molar-refractivity contribution is 6.74. The van der Waals surface area contributed by atoms with E-state index in [1.165, 1.54) is 4.90 Å². The van der Waals surface area contributed by atoms with Crippen molar-refractivity contribution < 1.29 is 33.0 Å². The van der Waals surface area contributed by atoms with Crippen LogP contribution in [0.3, 0.4) is 0 Å². The topological polar surface area (TPSA) is 86.8 Å². The van der Waals surface area contributed by atoms with Gasteiger partial charge in [0, 0.05) is 24.0 Å². The molecule has 2 aromatic rings. The summed E-state index contributed by atoms with van der Waals surface area (Å²) in [6, 6.07) is 12.8. The maximum Gasteiger partial charge on any atom is 0.414 e. The van der Waals surface area contributed by atoms with Crippen molar-refractivity contribution in [3.63, 3.8) is 0 Å². The van der Waals surface area contributed by atoms with Gasteiger partial charge in [-0.25, -0.2) is 4.79 Å². The number of nitrogens with zero attached hydrogens (tertiary/aromatic N) is 2. The van der Waals surface area contributed by atoms with E-state index in [2.05, 4.69) is 33.9 Å².